The van der Waals surface area contributed by atoms with Crippen molar-refractivity contribution in [3.05, 3.63) is 82.4 Å². The highest BCUT2D eigenvalue weighted by Gasteiger charge is 2.25. The van der Waals surface area contributed by atoms with Crippen LogP contribution in [-0.2, 0) is 6.54 Å². The molecular formula is C20H20N4O2. The second-order valence-electron chi connectivity index (χ2n) is 6.59. The van der Waals surface area contributed by atoms with Crippen molar-refractivity contribution in [1.29, 1.82) is 0 Å². The van der Waals surface area contributed by atoms with Gasteiger partial charge in [0.1, 0.15) is 11.2 Å². The van der Waals surface area contributed by atoms with Crippen molar-refractivity contribution in [1.82, 2.24) is 19.6 Å². The molecule has 3 aromatic rings. The maximum atomic E-state index is 12.5. The zero-order chi connectivity index (χ0) is 17.9. The molecule has 4 rings (SSSR count). The van der Waals surface area contributed by atoms with Gasteiger partial charge in [0.25, 0.3) is 11.5 Å². The van der Waals surface area contributed by atoms with E-state index in [0.717, 1.165) is 26.1 Å². The summed E-state index contributed by atoms with van der Waals surface area (Å²) in [4.78, 5) is 31.6. The molecule has 0 aliphatic carbocycles. The summed E-state index contributed by atoms with van der Waals surface area (Å²) in [5.41, 5.74) is 1.53. The van der Waals surface area contributed by atoms with Gasteiger partial charge in [0, 0.05) is 38.1 Å². The van der Waals surface area contributed by atoms with Gasteiger partial charge in [-0.25, -0.2) is 4.98 Å². The Labute approximate surface area is 151 Å². The van der Waals surface area contributed by atoms with E-state index in [1.54, 1.807) is 24.4 Å². The molecule has 1 N–H and O–H groups in total. The predicted octanol–water partition coefficient (Wildman–Crippen LogP) is 1.70. The number of benzene rings is 1. The average molecular weight is 348 g/mol. The molecule has 132 valence electrons. The Bertz CT molecular complexity index is 984. The van der Waals surface area contributed by atoms with Crippen molar-refractivity contribution in [3.8, 4) is 0 Å². The minimum Gasteiger partial charge on any atom is -0.348 e. The maximum absolute atomic E-state index is 12.5. The Kier molecular flexibility index (Phi) is 4.50. The summed E-state index contributed by atoms with van der Waals surface area (Å²) in [5, 5.41) is 2.98. The number of nitrogens with one attached hydrogen (secondary N) is 1. The van der Waals surface area contributed by atoms with Crippen molar-refractivity contribution < 1.29 is 4.79 Å². The molecule has 1 aromatic carbocycles. The summed E-state index contributed by atoms with van der Waals surface area (Å²) in [5.74, 6) is -0.354. The third kappa shape index (κ3) is 3.36. The highest BCUT2D eigenvalue weighted by Crippen LogP contribution is 2.13. The molecule has 1 fully saturated rings. The molecule has 0 bridgehead atoms. The van der Waals surface area contributed by atoms with Gasteiger partial charge in [-0.2, -0.15) is 0 Å². The van der Waals surface area contributed by atoms with E-state index in [4.69, 9.17) is 0 Å². The zero-order valence-electron chi connectivity index (χ0n) is 14.3. The number of aromatic nitrogens is 2. The van der Waals surface area contributed by atoms with E-state index in [9.17, 15) is 9.59 Å². The Morgan fingerprint density at radius 2 is 1.96 bits per heavy atom. The summed E-state index contributed by atoms with van der Waals surface area (Å²) < 4.78 is 1.39. The van der Waals surface area contributed by atoms with Crippen LogP contribution in [-0.4, -0.2) is 39.3 Å². The van der Waals surface area contributed by atoms with Crippen LogP contribution in [0.15, 0.2) is 65.7 Å². The van der Waals surface area contributed by atoms with Crippen LogP contribution < -0.4 is 10.9 Å². The monoisotopic (exact) mass is 348 g/mol. The lowest BCUT2D eigenvalue weighted by Crippen LogP contribution is -2.39. The molecule has 1 atom stereocenters. The first-order valence-corrected chi connectivity index (χ1v) is 8.74. The molecule has 6 heteroatoms. The van der Waals surface area contributed by atoms with Gasteiger partial charge in [-0.05, 0) is 24.1 Å². The van der Waals surface area contributed by atoms with Gasteiger partial charge >= 0.3 is 0 Å². The summed E-state index contributed by atoms with van der Waals surface area (Å²) in [6.45, 7) is 2.57. The normalized spacial score (nSPS) is 17.5. The average Bonchev–Trinajstić information content (AvgIpc) is 3.09. The number of hydrogen-bond acceptors (Lipinski definition) is 4. The molecular weight excluding hydrogens is 328 g/mol. The minimum atomic E-state index is -0.354. The van der Waals surface area contributed by atoms with E-state index in [1.165, 1.54) is 16.2 Å². The number of pyridine rings is 1. The van der Waals surface area contributed by atoms with Crippen LogP contribution in [0.5, 0.6) is 0 Å². The van der Waals surface area contributed by atoms with Gasteiger partial charge in [-0.15, -0.1) is 0 Å². The predicted molar refractivity (Wildman–Crippen MR) is 99.1 cm³/mol. The Morgan fingerprint density at radius 3 is 2.81 bits per heavy atom. The van der Waals surface area contributed by atoms with Crippen molar-refractivity contribution in [2.24, 2.45) is 0 Å². The molecule has 1 unspecified atom stereocenters. The summed E-state index contributed by atoms with van der Waals surface area (Å²) in [6.07, 6.45) is 3.86. The number of amides is 1. The lowest BCUT2D eigenvalue weighted by molar-refractivity contribution is 0.0935. The number of hydrogen-bond donors (Lipinski definition) is 1. The zero-order valence-corrected chi connectivity index (χ0v) is 14.3. The number of fused-ring (bicyclic) bond motifs is 1. The topological polar surface area (TPSA) is 66.7 Å². The van der Waals surface area contributed by atoms with Crippen LogP contribution in [0, 0.1) is 0 Å². The van der Waals surface area contributed by atoms with Gasteiger partial charge < -0.3 is 5.32 Å². The van der Waals surface area contributed by atoms with Crippen molar-refractivity contribution >= 4 is 11.6 Å². The van der Waals surface area contributed by atoms with E-state index < -0.39 is 0 Å². The largest absolute Gasteiger partial charge is 0.348 e. The second kappa shape index (κ2) is 7.09. The molecule has 0 saturated carbocycles. The number of likely N-dealkylation sites (tertiary alicyclic amines) is 1. The third-order valence-corrected chi connectivity index (χ3v) is 4.71. The highest BCUT2D eigenvalue weighted by molar-refractivity contribution is 5.94. The summed E-state index contributed by atoms with van der Waals surface area (Å²) in [6, 6.07) is 15.6. The molecule has 6 nitrogen and oxygen atoms in total. The molecule has 1 amide bonds. The Balaban J connectivity index is 1.43. The highest BCUT2D eigenvalue weighted by atomic mass is 16.2. The van der Waals surface area contributed by atoms with E-state index in [0.29, 0.717) is 5.65 Å². The van der Waals surface area contributed by atoms with Gasteiger partial charge in [-0.1, -0.05) is 36.4 Å². The fourth-order valence-electron chi connectivity index (χ4n) is 3.38. The van der Waals surface area contributed by atoms with Crippen molar-refractivity contribution in [2.45, 2.75) is 19.0 Å². The van der Waals surface area contributed by atoms with E-state index in [-0.39, 0.29) is 23.1 Å². The summed E-state index contributed by atoms with van der Waals surface area (Å²) in [7, 11) is 0. The Morgan fingerprint density at radius 1 is 1.15 bits per heavy atom. The second-order valence-corrected chi connectivity index (χ2v) is 6.59. The van der Waals surface area contributed by atoms with E-state index >= 15 is 0 Å². The SMILES string of the molecule is O=C(NC1CCN(Cc2ccccc2)C1)c1cnc2ccccn2c1=O. The first-order chi connectivity index (χ1) is 12.7. The van der Waals surface area contributed by atoms with Crippen LogP contribution in [0.1, 0.15) is 22.3 Å². The minimum absolute atomic E-state index is 0.0436. The van der Waals surface area contributed by atoms with Crippen molar-refractivity contribution in [2.75, 3.05) is 13.1 Å². The molecule has 1 aliphatic rings. The smallest absolute Gasteiger partial charge is 0.270 e. The molecule has 26 heavy (non-hydrogen) atoms. The molecule has 1 aliphatic heterocycles. The molecule has 3 heterocycles. The standard InChI is InChI=1S/C20H20N4O2/c25-19(17-12-21-18-8-4-5-10-24(18)20(17)26)22-16-9-11-23(14-16)13-15-6-2-1-3-7-15/h1-8,10,12,16H,9,11,13-14H2,(H,22,25). The first kappa shape index (κ1) is 16.5. The van der Waals surface area contributed by atoms with Crippen LogP contribution in [0.2, 0.25) is 0 Å². The van der Waals surface area contributed by atoms with Gasteiger partial charge in [0.05, 0.1) is 0 Å². The van der Waals surface area contributed by atoms with Crippen LogP contribution in [0.25, 0.3) is 5.65 Å². The lowest BCUT2D eigenvalue weighted by atomic mass is 10.2. The van der Waals surface area contributed by atoms with Gasteiger partial charge in [0.15, 0.2) is 0 Å². The van der Waals surface area contributed by atoms with Gasteiger partial charge in [-0.3, -0.25) is 18.9 Å². The molecule has 0 spiro atoms. The fraction of sp³-hybridized carbons (Fsp3) is 0.250. The lowest BCUT2D eigenvalue weighted by Gasteiger charge is -2.16. The van der Waals surface area contributed by atoms with Crippen LogP contribution in [0.4, 0.5) is 0 Å². The molecule has 2 aromatic heterocycles. The first-order valence-electron chi connectivity index (χ1n) is 8.74. The molecule has 0 radical (unpaired) electrons. The van der Waals surface area contributed by atoms with Crippen LogP contribution in [0.3, 0.4) is 0 Å². The number of nitrogens with zero attached hydrogens (tertiary/aromatic N) is 3. The van der Waals surface area contributed by atoms with Crippen molar-refractivity contribution in [3.63, 3.8) is 0 Å². The fourth-order valence-corrected chi connectivity index (χ4v) is 3.38. The van der Waals surface area contributed by atoms with Gasteiger partial charge in [0.2, 0.25) is 0 Å². The molecule has 1 saturated heterocycles. The van der Waals surface area contributed by atoms with E-state index in [1.807, 2.05) is 18.2 Å². The number of carbonyl (C=O) groups excluding carboxylic acids is 1. The van der Waals surface area contributed by atoms with Crippen LogP contribution >= 0.6 is 0 Å². The number of rotatable bonds is 4. The number of carbonyl (C=O) groups is 1. The summed E-state index contributed by atoms with van der Waals surface area (Å²) >= 11 is 0. The third-order valence-electron chi connectivity index (χ3n) is 4.71. The van der Waals surface area contributed by atoms with E-state index in [2.05, 4.69) is 27.3 Å². The quantitative estimate of drug-likeness (QED) is 0.779. The maximum Gasteiger partial charge on any atom is 0.270 e. The Hall–Kier alpha value is -2.99.